The van der Waals surface area contributed by atoms with Crippen molar-refractivity contribution in [1.82, 2.24) is 19.4 Å². The third kappa shape index (κ3) is 5.20. The Kier molecular flexibility index (Phi) is 7.46. The van der Waals surface area contributed by atoms with Gasteiger partial charge in [-0.3, -0.25) is 4.68 Å². The second-order valence-corrected chi connectivity index (χ2v) is 10.4. The van der Waals surface area contributed by atoms with Gasteiger partial charge in [0.25, 0.3) is 0 Å². The molecule has 180 valence electrons. The van der Waals surface area contributed by atoms with E-state index in [1.807, 2.05) is 7.05 Å². The van der Waals surface area contributed by atoms with Gasteiger partial charge >= 0.3 is 45.8 Å². The molecule has 0 fully saturated rings. The van der Waals surface area contributed by atoms with E-state index in [-0.39, 0.29) is 31.0 Å². The van der Waals surface area contributed by atoms with Gasteiger partial charge in [0.15, 0.2) is 0 Å². The number of benzene rings is 1. The van der Waals surface area contributed by atoms with Gasteiger partial charge in [0, 0.05) is 38.4 Å². The number of amides is 2. The summed E-state index contributed by atoms with van der Waals surface area (Å²) in [6.45, 7) is 0. The van der Waals surface area contributed by atoms with Gasteiger partial charge in [-0.25, -0.2) is 13.8 Å². The molecule has 9 nitrogen and oxygen atoms in total. The molecule has 0 atom stereocenters. The van der Waals surface area contributed by atoms with Crippen LogP contribution in [-0.4, -0.2) is 36.2 Å². The standard InChI is InChI=1S/C24H28N6O3S.Na.H/c1-28-12-5-8-19(11-13-28)30(20-15-25-29(2)16-20)34(32,33)27-24(31)26-23-21-9-3-6-17(21)14-18-7-4-10-22(18)23;;/h5,8,11-16H,3-4,6-7,9-10H2,1-2H3,(H2,26,27,31);;/q;+1;-1. The molecular formula is C24H29N6NaO3S. The fourth-order valence-corrected chi connectivity index (χ4v) is 6.07. The summed E-state index contributed by atoms with van der Waals surface area (Å²) in [4.78, 5) is 14.9. The van der Waals surface area contributed by atoms with Gasteiger partial charge in [0.2, 0.25) is 0 Å². The third-order valence-electron chi connectivity index (χ3n) is 6.40. The number of aromatic nitrogens is 2. The van der Waals surface area contributed by atoms with Gasteiger partial charge in [0.05, 0.1) is 17.6 Å². The first kappa shape index (κ1) is 25.6. The second kappa shape index (κ2) is 10.2. The van der Waals surface area contributed by atoms with Crippen LogP contribution in [0.4, 0.5) is 16.2 Å². The molecule has 0 saturated carbocycles. The molecule has 1 aromatic heterocycles. The Morgan fingerprint density at radius 2 is 1.77 bits per heavy atom. The summed E-state index contributed by atoms with van der Waals surface area (Å²) < 4.78 is 31.8. The van der Waals surface area contributed by atoms with E-state index in [0.29, 0.717) is 11.4 Å². The minimum atomic E-state index is -4.30. The molecule has 1 aromatic carbocycles. The van der Waals surface area contributed by atoms with Crippen LogP contribution in [0.5, 0.6) is 0 Å². The average molecular weight is 505 g/mol. The van der Waals surface area contributed by atoms with Crippen LogP contribution in [0.25, 0.3) is 0 Å². The van der Waals surface area contributed by atoms with Gasteiger partial charge in [-0.1, -0.05) is 6.07 Å². The Hall–Kier alpha value is -2.53. The minimum Gasteiger partial charge on any atom is -1.00 e. The quantitative estimate of drug-likeness (QED) is 0.569. The number of nitrogens with one attached hydrogen (secondary N) is 2. The Morgan fingerprint density at radius 3 is 2.40 bits per heavy atom. The van der Waals surface area contributed by atoms with E-state index in [1.54, 1.807) is 48.8 Å². The predicted molar refractivity (Wildman–Crippen MR) is 132 cm³/mol. The number of rotatable bonds is 5. The molecule has 0 unspecified atom stereocenters. The summed E-state index contributed by atoms with van der Waals surface area (Å²) in [6, 6.07) is 1.50. The summed E-state index contributed by atoms with van der Waals surface area (Å²) in [7, 11) is -0.750. The monoisotopic (exact) mass is 504 g/mol. The first-order valence-electron chi connectivity index (χ1n) is 11.4. The number of fused-ring (bicyclic) bond motifs is 2. The molecule has 0 bridgehead atoms. The Morgan fingerprint density at radius 1 is 1.09 bits per heavy atom. The van der Waals surface area contributed by atoms with E-state index in [4.69, 9.17) is 0 Å². The van der Waals surface area contributed by atoms with E-state index in [0.717, 1.165) is 59.6 Å². The molecule has 35 heavy (non-hydrogen) atoms. The van der Waals surface area contributed by atoms with E-state index in [9.17, 15) is 13.2 Å². The zero-order valence-electron chi connectivity index (χ0n) is 21.3. The Labute approximate surface area is 229 Å². The van der Waals surface area contributed by atoms with Crippen LogP contribution >= 0.6 is 0 Å². The van der Waals surface area contributed by atoms with E-state index in [2.05, 4.69) is 21.2 Å². The molecule has 1 aliphatic heterocycles. The van der Waals surface area contributed by atoms with Crippen molar-refractivity contribution in [3.63, 3.8) is 0 Å². The van der Waals surface area contributed by atoms with Crippen LogP contribution in [0.1, 0.15) is 36.5 Å². The van der Waals surface area contributed by atoms with Crippen LogP contribution in [0.2, 0.25) is 0 Å². The largest absolute Gasteiger partial charge is 1.00 e. The summed E-state index contributed by atoms with van der Waals surface area (Å²) in [5.74, 6) is 0. The first-order valence-corrected chi connectivity index (χ1v) is 12.8. The minimum absolute atomic E-state index is 0. The van der Waals surface area contributed by atoms with E-state index in [1.165, 1.54) is 22.0 Å². The number of urea groups is 1. The number of allylic oxidation sites excluding steroid dienone is 3. The van der Waals surface area contributed by atoms with Crippen molar-refractivity contribution in [2.45, 2.75) is 38.5 Å². The summed E-state index contributed by atoms with van der Waals surface area (Å²) >= 11 is 0. The molecule has 2 aromatic rings. The molecule has 2 heterocycles. The smallest absolute Gasteiger partial charge is 1.00 e. The van der Waals surface area contributed by atoms with Gasteiger partial charge in [0.1, 0.15) is 0 Å². The van der Waals surface area contributed by atoms with Crippen LogP contribution in [0, 0.1) is 0 Å². The number of anilines is 2. The molecule has 2 aliphatic carbocycles. The number of aryl methyl sites for hydroxylation is 3. The van der Waals surface area contributed by atoms with Crippen LogP contribution in [0.15, 0.2) is 54.8 Å². The van der Waals surface area contributed by atoms with Gasteiger partial charge < -0.3 is 11.6 Å². The number of hydrogen-bond acceptors (Lipinski definition) is 5. The van der Waals surface area contributed by atoms with Crippen molar-refractivity contribution in [2.24, 2.45) is 7.05 Å². The van der Waals surface area contributed by atoms with Crippen molar-refractivity contribution in [3.05, 3.63) is 77.0 Å². The van der Waals surface area contributed by atoms with E-state index >= 15 is 0 Å². The zero-order valence-corrected chi connectivity index (χ0v) is 23.1. The molecule has 0 radical (unpaired) electrons. The maximum absolute atomic E-state index is 13.5. The van der Waals surface area contributed by atoms with Crippen molar-refractivity contribution < 1.29 is 44.2 Å². The van der Waals surface area contributed by atoms with Crippen LogP contribution in [-0.2, 0) is 42.9 Å². The van der Waals surface area contributed by atoms with Crippen molar-refractivity contribution in [1.29, 1.82) is 0 Å². The predicted octanol–water partition coefficient (Wildman–Crippen LogP) is 0.244. The van der Waals surface area contributed by atoms with Gasteiger partial charge in [-0.15, -0.1) is 0 Å². The Bertz CT molecular complexity index is 1320. The molecule has 5 rings (SSSR count). The maximum atomic E-state index is 13.5. The molecular weight excluding hydrogens is 475 g/mol. The average Bonchev–Trinajstić information content (AvgIpc) is 3.49. The fourth-order valence-electron chi connectivity index (χ4n) is 4.92. The zero-order chi connectivity index (χ0) is 23.9. The van der Waals surface area contributed by atoms with Crippen molar-refractivity contribution in [3.8, 4) is 0 Å². The summed E-state index contributed by atoms with van der Waals surface area (Å²) in [5.41, 5.74) is 6.29. The topological polar surface area (TPSA) is 99.6 Å². The van der Waals surface area contributed by atoms with Crippen molar-refractivity contribution >= 4 is 27.6 Å². The number of carbonyl (C=O) groups excluding carboxylic acids is 1. The van der Waals surface area contributed by atoms with Crippen LogP contribution < -0.4 is 43.9 Å². The van der Waals surface area contributed by atoms with Crippen molar-refractivity contribution in [2.75, 3.05) is 16.7 Å². The normalized spacial score (nSPS) is 16.2. The molecule has 2 amide bonds. The Balaban J connectivity index is 0.00000180. The van der Waals surface area contributed by atoms with Gasteiger partial charge in [-0.05, 0) is 79.0 Å². The first-order chi connectivity index (χ1) is 16.3. The molecule has 11 heteroatoms. The summed E-state index contributed by atoms with van der Waals surface area (Å²) in [5, 5.41) is 7.01. The molecule has 3 aliphatic rings. The van der Waals surface area contributed by atoms with Gasteiger partial charge in [-0.2, -0.15) is 13.5 Å². The molecule has 0 spiro atoms. The number of carbonyl (C=O) groups is 1. The number of hydrogen-bond donors (Lipinski definition) is 2. The van der Waals surface area contributed by atoms with E-state index < -0.39 is 16.2 Å². The fraction of sp³-hybridized carbons (Fsp3) is 0.333. The van der Waals surface area contributed by atoms with Crippen LogP contribution in [0.3, 0.4) is 0 Å². The second-order valence-electron chi connectivity index (χ2n) is 8.85. The maximum Gasteiger partial charge on any atom is 1.00 e. The third-order valence-corrected chi connectivity index (χ3v) is 7.75. The SMILES string of the molecule is CN1C=CC=C(N(c2cnn(C)c2)S(=O)(=O)NC(=O)Nc2c3c(cc4c2CCC4)CCC3)C=C1.[H-].[Na+]. The number of nitrogens with zero attached hydrogens (tertiary/aromatic N) is 4. The molecule has 2 N–H and O–H groups in total. The molecule has 0 saturated heterocycles. The summed E-state index contributed by atoms with van der Waals surface area (Å²) in [6.07, 6.45) is 17.5.